The molecule has 174 valence electrons. The van der Waals surface area contributed by atoms with Gasteiger partial charge in [0.05, 0.1) is 17.4 Å². The van der Waals surface area contributed by atoms with Crippen molar-refractivity contribution in [1.82, 2.24) is 20.1 Å². The Balaban J connectivity index is 1.45. The molecule has 1 N–H and O–H groups in total. The number of hydrogen-bond donors (Lipinski definition) is 1. The maximum Gasteiger partial charge on any atom is 0.230 e. The first kappa shape index (κ1) is 25.1. The lowest BCUT2D eigenvalue weighted by molar-refractivity contribution is -0.118. The average Bonchev–Trinajstić information content (AvgIpc) is 3.19. The van der Waals surface area contributed by atoms with Crippen molar-refractivity contribution < 1.29 is 9.53 Å². The lowest BCUT2D eigenvalue weighted by Gasteiger charge is -2.10. The van der Waals surface area contributed by atoms with Gasteiger partial charge in [0.25, 0.3) is 0 Å². The fourth-order valence-electron chi connectivity index (χ4n) is 3.10. The minimum absolute atomic E-state index is 0.0288. The molecule has 33 heavy (non-hydrogen) atoms. The quantitative estimate of drug-likeness (QED) is 0.196. The second-order valence-corrected chi connectivity index (χ2v) is 8.99. The Morgan fingerprint density at radius 3 is 2.73 bits per heavy atom. The van der Waals surface area contributed by atoms with E-state index in [1.54, 1.807) is 24.3 Å². The molecule has 1 amide bonds. The normalized spacial score (nSPS) is 10.7. The van der Waals surface area contributed by atoms with E-state index in [9.17, 15) is 4.79 Å². The van der Waals surface area contributed by atoms with Gasteiger partial charge in [-0.05, 0) is 36.6 Å². The Kier molecular flexibility index (Phi) is 10.1. The molecule has 0 radical (unpaired) electrons. The number of aromatic nitrogens is 3. The van der Waals surface area contributed by atoms with Crippen molar-refractivity contribution in [3.8, 4) is 5.75 Å². The molecule has 1 aromatic heterocycles. The lowest BCUT2D eigenvalue weighted by Crippen LogP contribution is -2.27. The number of halogens is 2. The van der Waals surface area contributed by atoms with Gasteiger partial charge < -0.3 is 14.6 Å². The second kappa shape index (κ2) is 13.3. The van der Waals surface area contributed by atoms with Gasteiger partial charge in [0.2, 0.25) is 5.91 Å². The molecule has 0 saturated carbocycles. The number of nitrogens with one attached hydrogen (secondary N) is 1. The Morgan fingerprint density at radius 1 is 1.15 bits per heavy atom. The predicted octanol–water partition coefficient (Wildman–Crippen LogP) is 5.23. The first-order valence-corrected chi connectivity index (χ1v) is 12.3. The van der Waals surface area contributed by atoms with Crippen LogP contribution in [-0.2, 0) is 24.2 Å². The van der Waals surface area contributed by atoms with E-state index < -0.39 is 0 Å². The topological polar surface area (TPSA) is 69.0 Å². The van der Waals surface area contributed by atoms with Gasteiger partial charge in [-0.2, -0.15) is 0 Å². The molecule has 0 atom stereocenters. The highest BCUT2D eigenvalue weighted by molar-refractivity contribution is 7.99. The van der Waals surface area contributed by atoms with Gasteiger partial charge >= 0.3 is 0 Å². The molecular weight excluding hydrogens is 479 g/mol. The van der Waals surface area contributed by atoms with Gasteiger partial charge in [-0.3, -0.25) is 4.79 Å². The third kappa shape index (κ3) is 8.11. The molecule has 3 aromatic rings. The maximum absolute atomic E-state index is 12.2. The van der Waals surface area contributed by atoms with Crippen molar-refractivity contribution >= 4 is 40.9 Å². The van der Waals surface area contributed by atoms with E-state index in [-0.39, 0.29) is 11.7 Å². The SMILES string of the molecule is C=CCn1c(CCCOc2ccc(Cl)cc2Cl)nnc1SCC(=O)NCCc1ccccc1. The second-order valence-electron chi connectivity index (χ2n) is 7.20. The number of carbonyl (C=O) groups is 1. The Hall–Kier alpha value is -2.48. The largest absolute Gasteiger partial charge is 0.492 e. The summed E-state index contributed by atoms with van der Waals surface area (Å²) in [6, 6.07) is 15.2. The highest BCUT2D eigenvalue weighted by Gasteiger charge is 2.13. The number of amides is 1. The van der Waals surface area contributed by atoms with Crippen LogP contribution in [0.15, 0.2) is 66.3 Å². The number of nitrogens with zero attached hydrogens (tertiary/aromatic N) is 3. The highest BCUT2D eigenvalue weighted by Crippen LogP contribution is 2.27. The van der Waals surface area contributed by atoms with Crippen LogP contribution in [0.1, 0.15) is 17.8 Å². The van der Waals surface area contributed by atoms with Gasteiger partial charge in [-0.25, -0.2) is 0 Å². The predicted molar refractivity (Wildman–Crippen MR) is 134 cm³/mol. The Labute approximate surface area is 208 Å². The summed E-state index contributed by atoms with van der Waals surface area (Å²) in [6.07, 6.45) is 4.01. The summed E-state index contributed by atoms with van der Waals surface area (Å²) in [7, 11) is 0. The molecule has 0 aliphatic carbocycles. The zero-order valence-corrected chi connectivity index (χ0v) is 20.5. The van der Waals surface area contributed by atoms with Crippen molar-refractivity contribution in [2.24, 2.45) is 0 Å². The molecule has 0 aliphatic heterocycles. The number of hydrogen-bond acceptors (Lipinski definition) is 5. The minimum atomic E-state index is -0.0288. The third-order valence-electron chi connectivity index (χ3n) is 4.71. The number of allylic oxidation sites excluding steroid dienone is 1. The summed E-state index contributed by atoms with van der Waals surface area (Å²) in [6.45, 7) is 5.48. The van der Waals surface area contributed by atoms with Crippen LogP contribution >= 0.6 is 35.0 Å². The molecule has 0 fully saturated rings. The van der Waals surface area contributed by atoms with Crippen LogP contribution < -0.4 is 10.1 Å². The summed E-state index contributed by atoms with van der Waals surface area (Å²) in [5, 5.41) is 13.3. The van der Waals surface area contributed by atoms with Crippen LogP contribution in [0.2, 0.25) is 10.0 Å². The van der Waals surface area contributed by atoms with E-state index in [1.165, 1.54) is 17.3 Å². The van der Waals surface area contributed by atoms with Crippen LogP contribution in [0.5, 0.6) is 5.75 Å². The zero-order chi connectivity index (χ0) is 23.5. The van der Waals surface area contributed by atoms with E-state index in [4.69, 9.17) is 27.9 Å². The van der Waals surface area contributed by atoms with Gasteiger partial charge in [0, 0.05) is 24.5 Å². The first-order valence-electron chi connectivity index (χ1n) is 10.6. The summed E-state index contributed by atoms with van der Waals surface area (Å²) in [5.74, 6) is 1.68. The van der Waals surface area contributed by atoms with Crippen molar-refractivity contribution in [1.29, 1.82) is 0 Å². The first-order chi connectivity index (χ1) is 16.1. The van der Waals surface area contributed by atoms with Gasteiger partial charge in [-0.1, -0.05) is 71.4 Å². The fourth-order valence-corrected chi connectivity index (χ4v) is 4.36. The van der Waals surface area contributed by atoms with Gasteiger partial charge in [-0.15, -0.1) is 16.8 Å². The lowest BCUT2D eigenvalue weighted by atomic mass is 10.1. The molecule has 0 aliphatic rings. The molecule has 0 bridgehead atoms. The van der Waals surface area contributed by atoms with Gasteiger partial charge in [0.1, 0.15) is 11.6 Å². The summed E-state index contributed by atoms with van der Waals surface area (Å²) < 4.78 is 7.72. The van der Waals surface area contributed by atoms with Crippen molar-refractivity contribution in [3.63, 3.8) is 0 Å². The smallest absolute Gasteiger partial charge is 0.230 e. The zero-order valence-electron chi connectivity index (χ0n) is 18.2. The molecule has 0 spiro atoms. The number of rotatable bonds is 13. The number of aryl methyl sites for hydroxylation is 1. The standard InChI is InChI=1S/C24H26Cl2N4O2S/c1-2-14-30-22(9-6-15-32-21-11-10-19(25)16-20(21)26)28-29-24(30)33-17-23(31)27-13-12-18-7-4-3-5-8-18/h2-5,7-8,10-11,16H,1,6,9,12-15,17H2,(H,27,31). The maximum atomic E-state index is 12.2. The molecule has 9 heteroatoms. The Bertz CT molecular complexity index is 1060. The molecule has 0 saturated heterocycles. The molecule has 6 nitrogen and oxygen atoms in total. The molecule has 3 rings (SSSR count). The highest BCUT2D eigenvalue weighted by atomic mass is 35.5. The third-order valence-corrected chi connectivity index (χ3v) is 6.21. The summed E-state index contributed by atoms with van der Waals surface area (Å²) >= 11 is 13.4. The molecule has 1 heterocycles. The Morgan fingerprint density at radius 2 is 1.97 bits per heavy atom. The minimum Gasteiger partial charge on any atom is -0.492 e. The van der Waals surface area contributed by atoms with Crippen LogP contribution in [0.3, 0.4) is 0 Å². The monoisotopic (exact) mass is 504 g/mol. The van der Waals surface area contributed by atoms with Crippen LogP contribution in [0, 0.1) is 0 Å². The van der Waals surface area contributed by atoms with E-state index in [1.807, 2.05) is 22.8 Å². The summed E-state index contributed by atoms with van der Waals surface area (Å²) in [4.78, 5) is 12.2. The van der Waals surface area contributed by atoms with E-state index in [2.05, 4.69) is 34.2 Å². The van der Waals surface area contributed by atoms with E-state index in [0.717, 1.165) is 18.7 Å². The van der Waals surface area contributed by atoms with E-state index in [0.29, 0.717) is 47.1 Å². The summed E-state index contributed by atoms with van der Waals surface area (Å²) in [5.41, 5.74) is 1.20. The van der Waals surface area contributed by atoms with Crippen molar-refractivity contribution in [2.45, 2.75) is 31.0 Å². The van der Waals surface area contributed by atoms with E-state index >= 15 is 0 Å². The van der Waals surface area contributed by atoms with Crippen LogP contribution in [-0.4, -0.2) is 39.6 Å². The number of ether oxygens (including phenoxy) is 1. The fraction of sp³-hybridized carbons (Fsp3) is 0.292. The molecular formula is C24H26Cl2N4O2S. The van der Waals surface area contributed by atoms with Gasteiger partial charge in [0.15, 0.2) is 5.16 Å². The number of carbonyl (C=O) groups excluding carboxylic acids is 1. The van der Waals surface area contributed by atoms with Crippen LogP contribution in [0.4, 0.5) is 0 Å². The number of benzene rings is 2. The number of thioether (sulfide) groups is 1. The average molecular weight is 505 g/mol. The van der Waals surface area contributed by atoms with Crippen molar-refractivity contribution in [2.75, 3.05) is 18.9 Å². The molecule has 2 aromatic carbocycles. The van der Waals surface area contributed by atoms with Crippen LogP contribution in [0.25, 0.3) is 0 Å². The molecule has 0 unspecified atom stereocenters. The van der Waals surface area contributed by atoms with Crippen molar-refractivity contribution in [3.05, 3.63) is 82.6 Å².